The van der Waals surface area contributed by atoms with Crippen LogP contribution in [-0.4, -0.2) is 0 Å². The molecule has 1 aliphatic carbocycles. The normalized spacial score (nSPS) is 15.2. The zero-order valence-electron chi connectivity index (χ0n) is 9.03. The molecule has 1 aliphatic heterocycles. The van der Waals surface area contributed by atoms with Crippen molar-refractivity contribution in [2.24, 2.45) is 0 Å². The Morgan fingerprint density at radius 3 is 3.00 bits per heavy atom. The third-order valence-electron chi connectivity index (χ3n) is 3.32. The van der Waals surface area contributed by atoms with Crippen molar-refractivity contribution in [3.63, 3.8) is 0 Å². The molecule has 0 atom stereocenters. The molecule has 0 amide bonds. The fraction of sp³-hybridized carbons (Fsp3) is 0.0667. The molecule has 0 radical (unpaired) electrons. The summed E-state index contributed by atoms with van der Waals surface area (Å²) in [7, 11) is 0. The van der Waals surface area contributed by atoms with E-state index in [1.165, 1.54) is 36.5 Å². The average Bonchev–Trinajstić information content (AvgIpc) is 2.72. The zero-order chi connectivity index (χ0) is 11.4. The van der Waals surface area contributed by atoms with E-state index in [4.69, 9.17) is 0 Å². The van der Waals surface area contributed by atoms with E-state index in [9.17, 15) is 0 Å². The Morgan fingerprint density at radius 1 is 1.12 bits per heavy atom. The Morgan fingerprint density at radius 2 is 2.06 bits per heavy atom. The largest absolute Gasteiger partial charge is 0.0894 e. The fourth-order valence-electron chi connectivity index (χ4n) is 2.54. The van der Waals surface area contributed by atoms with Gasteiger partial charge in [0.15, 0.2) is 0 Å². The Balaban J connectivity index is 2.05. The minimum Gasteiger partial charge on any atom is -0.0894 e. The summed E-state index contributed by atoms with van der Waals surface area (Å²) in [6, 6.07) is 13.3. The maximum atomic E-state index is 3.61. The van der Waals surface area contributed by atoms with Crippen molar-refractivity contribution in [1.82, 2.24) is 0 Å². The topological polar surface area (TPSA) is 0 Å². The highest BCUT2D eigenvalue weighted by Crippen LogP contribution is 2.44. The monoisotopic (exact) mass is 300 g/mol. The van der Waals surface area contributed by atoms with Crippen LogP contribution in [0.4, 0.5) is 0 Å². The summed E-state index contributed by atoms with van der Waals surface area (Å²) in [4.78, 5) is 2.70. The molecular formula is C15H9BrS. The number of benzene rings is 2. The summed E-state index contributed by atoms with van der Waals surface area (Å²) in [6.45, 7) is 0. The van der Waals surface area contributed by atoms with Gasteiger partial charge in [-0.05, 0) is 59.0 Å². The van der Waals surface area contributed by atoms with Crippen LogP contribution in [0.1, 0.15) is 16.7 Å². The smallest absolute Gasteiger partial charge is 0.0209 e. The van der Waals surface area contributed by atoms with Crippen LogP contribution in [-0.2, 0) is 6.42 Å². The van der Waals surface area contributed by atoms with Gasteiger partial charge in [0, 0.05) is 14.3 Å². The lowest BCUT2D eigenvalue weighted by Crippen LogP contribution is -1.85. The highest BCUT2D eigenvalue weighted by atomic mass is 79.9. The van der Waals surface area contributed by atoms with Gasteiger partial charge in [-0.1, -0.05) is 39.8 Å². The molecule has 0 unspecified atom stereocenters. The van der Waals surface area contributed by atoms with Gasteiger partial charge < -0.3 is 0 Å². The van der Waals surface area contributed by atoms with E-state index in [2.05, 4.69) is 58.4 Å². The van der Waals surface area contributed by atoms with Crippen molar-refractivity contribution < 1.29 is 0 Å². The summed E-state index contributed by atoms with van der Waals surface area (Å²) >= 11 is 5.47. The first-order chi connectivity index (χ1) is 8.29. The van der Waals surface area contributed by atoms with Crippen LogP contribution in [0.25, 0.3) is 11.6 Å². The summed E-state index contributed by atoms with van der Waals surface area (Å²) < 4.78 is 1.18. The van der Waals surface area contributed by atoms with Crippen molar-refractivity contribution in [3.8, 4) is 0 Å². The Labute approximate surface area is 113 Å². The van der Waals surface area contributed by atoms with Gasteiger partial charge in [0.1, 0.15) is 0 Å². The van der Waals surface area contributed by atoms with E-state index in [-0.39, 0.29) is 0 Å². The Bertz CT molecular complexity index is 671. The van der Waals surface area contributed by atoms with Crippen molar-refractivity contribution in [1.29, 1.82) is 0 Å². The third-order valence-corrected chi connectivity index (χ3v) is 4.83. The molecule has 0 aromatic heterocycles. The number of halogens is 1. The molecule has 2 aromatic carbocycles. The van der Waals surface area contributed by atoms with Gasteiger partial charge >= 0.3 is 0 Å². The van der Waals surface area contributed by atoms with E-state index in [0.717, 1.165) is 6.42 Å². The summed E-state index contributed by atoms with van der Waals surface area (Å²) in [6.07, 6.45) is 3.41. The highest BCUT2D eigenvalue weighted by molar-refractivity contribution is 9.10. The molecular weight excluding hydrogens is 292 g/mol. The predicted octanol–water partition coefficient (Wildman–Crippen LogP) is 5.01. The summed E-state index contributed by atoms with van der Waals surface area (Å²) in [5.41, 5.74) is 5.67. The molecule has 2 heteroatoms. The number of rotatable bonds is 0. The number of hydrogen-bond acceptors (Lipinski definition) is 1. The average molecular weight is 301 g/mol. The highest BCUT2D eigenvalue weighted by Gasteiger charge is 2.21. The first kappa shape index (κ1) is 9.98. The lowest BCUT2D eigenvalue weighted by Gasteiger charge is -2.10. The van der Waals surface area contributed by atoms with Gasteiger partial charge in [0.25, 0.3) is 0 Å². The molecule has 0 spiro atoms. The van der Waals surface area contributed by atoms with E-state index < -0.39 is 0 Å². The number of fused-ring (bicyclic) bond motifs is 3. The predicted molar refractivity (Wildman–Crippen MR) is 76.3 cm³/mol. The van der Waals surface area contributed by atoms with E-state index in [1.54, 1.807) is 0 Å². The molecule has 0 N–H and O–H groups in total. The van der Waals surface area contributed by atoms with Crippen LogP contribution in [0, 0.1) is 0 Å². The van der Waals surface area contributed by atoms with Gasteiger partial charge in [0.2, 0.25) is 0 Å². The van der Waals surface area contributed by atoms with Crippen molar-refractivity contribution in [3.05, 3.63) is 57.6 Å². The first-order valence-corrected chi connectivity index (χ1v) is 7.22. The van der Waals surface area contributed by atoms with Crippen LogP contribution in [0.15, 0.2) is 50.7 Å². The SMILES string of the molecule is Brc1cc2c3c(c1)Sc1cccc(c1)C(=C3)C2. The minimum absolute atomic E-state index is 1.06. The molecule has 4 bridgehead atoms. The van der Waals surface area contributed by atoms with Gasteiger partial charge in [-0.25, -0.2) is 0 Å². The number of allylic oxidation sites excluding steroid dienone is 1. The lowest BCUT2D eigenvalue weighted by molar-refractivity contribution is 1.26. The molecule has 0 fully saturated rings. The lowest BCUT2D eigenvalue weighted by atomic mass is 10.0. The quantitative estimate of drug-likeness (QED) is 0.659. The van der Waals surface area contributed by atoms with Gasteiger partial charge in [-0.2, -0.15) is 0 Å². The molecule has 0 saturated heterocycles. The van der Waals surface area contributed by atoms with E-state index in [1.807, 2.05) is 11.8 Å². The maximum absolute atomic E-state index is 3.61. The molecule has 2 aliphatic rings. The first-order valence-electron chi connectivity index (χ1n) is 5.61. The van der Waals surface area contributed by atoms with Crippen molar-refractivity contribution in [2.45, 2.75) is 16.2 Å². The van der Waals surface area contributed by atoms with Crippen LogP contribution >= 0.6 is 27.7 Å². The molecule has 17 heavy (non-hydrogen) atoms. The van der Waals surface area contributed by atoms with Crippen LogP contribution in [0.5, 0.6) is 0 Å². The second-order valence-electron chi connectivity index (χ2n) is 4.45. The molecule has 2 aromatic rings. The summed E-state index contributed by atoms with van der Waals surface area (Å²) in [5, 5.41) is 0. The summed E-state index contributed by atoms with van der Waals surface area (Å²) in [5.74, 6) is 0. The van der Waals surface area contributed by atoms with Crippen molar-refractivity contribution >= 4 is 39.3 Å². The fourth-order valence-corrected chi connectivity index (χ4v) is 4.27. The standard InChI is InChI=1S/C15H9BrS/c16-12-5-11-4-10-7-14(11)15(8-12)17-13-3-1-2-9(10)6-13/h1-3,5-8H,4H2. The van der Waals surface area contributed by atoms with Gasteiger partial charge in [-0.15, -0.1) is 0 Å². The second kappa shape index (κ2) is 3.50. The second-order valence-corrected chi connectivity index (χ2v) is 6.48. The molecule has 4 rings (SSSR count). The zero-order valence-corrected chi connectivity index (χ0v) is 11.4. The van der Waals surface area contributed by atoms with Crippen LogP contribution < -0.4 is 0 Å². The molecule has 1 heterocycles. The van der Waals surface area contributed by atoms with Crippen molar-refractivity contribution in [2.75, 3.05) is 0 Å². The number of hydrogen-bond donors (Lipinski definition) is 0. The third kappa shape index (κ3) is 1.51. The maximum Gasteiger partial charge on any atom is 0.0209 e. The van der Waals surface area contributed by atoms with Gasteiger partial charge in [-0.3, -0.25) is 0 Å². The van der Waals surface area contributed by atoms with Crippen LogP contribution in [0.3, 0.4) is 0 Å². The molecule has 82 valence electrons. The van der Waals surface area contributed by atoms with E-state index in [0.29, 0.717) is 0 Å². The Hall–Kier alpha value is -0.990. The van der Waals surface area contributed by atoms with E-state index >= 15 is 0 Å². The van der Waals surface area contributed by atoms with Crippen LogP contribution in [0.2, 0.25) is 0 Å². The van der Waals surface area contributed by atoms with Gasteiger partial charge in [0.05, 0.1) is 0 Å². The minimum atomic E-state index is 1.06. The molecule has 0 nitrogen and oxygen atoms in total. The Kier molecular flexibility index (Phi) is 2.06. The molecule has 0 saturated carbocycles.